The van der Waals surface area contributed by atoms with Crippen molar-refractivity contribution in [3.63, 3.8) is 0 Å². The molecule has 0 saturated carbocycles. The summed E-state index contributed by atoms with van der Waals surface area (Å²) in [6.45, 7) is 1.09. The molecule has 1 fully saturated rings. The number of nitro benzene ring substituents is 2. The Morgan fingerprint density at radius 1 is 0.897 bits per heavy atom. The predicted molar refractivity (Wildman–Crippen MR) is 95.8 cm³/mol. The largest absolute Gasteiger partial charge is 0.416 e. The molecule has 1 aromatic heterocycles. The van der Waals surface area contributed by atoms with Gasteiger partial charge in [0.15, 0.2) is 5.69 Å². The third kappa shape index (κ3) is 4.33. The third-order valence-electron chi connectivity index (χ3n) is 4.44. The van der Waals surface area contributed by atoms with Crippen molar-refractivity contribution in [2.45, 2.75) is 12.6 Å². The smallest absolute Gasteiger partial charge is 0.358 e. The van der Waals surface area contributed by atoms with E-state index in [4.69, 9.17) is 0 Å². The Balaban J connectivity index is 2.01. The second-order valence-corrected chi connectivity index (χ2v) is 6.25. The minimum Gasteiger partial charge on any atom is -0.358 e. The van der Waals surface area contributed by atoms with E-state index in [1.807, 2.05) is 4.90 Å². The molecule has 1 aromatic carbocycles. The standard InChI is InChI=1S/C16H15F3N6O4/c17-16(18,19)11-9-12(24(26)27)14(13(10-11)25(28)29)22-5-2-6-23(8-7-22)15-20-3-1-4-21-15/h1,3-4,9-10H,2,5-8H2. The van der Waals surface area contributed by atoms with Crippen molar-refractivity contribution in [3.05, 3.63) is 56.4 Å². The fourth-order valence-electron chi connectivity index (χ4n) is 3.17. The summed E-state index contributed by atoms with van der Waals surface area (Å²) in [4.78, 5) is 32.3. The number of hydrogen-bond acceptors (Lipinski definition) is 8. The lowest BCUT2D eigenvalue weighted by atomic mass is 10.1. The van der Waals surface area contributed by atoms with Crippen LogP contribution in [0.1, 0.15) is 12.0 Å². The summed E-state index contributed by atoms with van der Waals surface area (Å²) in [5, 5.41) is 22.9. The number of halogens is 3. The van der Waals surface area contributed by atoms with Gasteiger partial charge in [-0.3, -0.25) is 20.2 Å². The minimum atomic E-state index is -4.95. The van der Waals surface area contributed by atoms with Crippen molar-refractivity contribution in [3.8, 4) is 0 Å². The molecule has 2 heterocycles. The lowest BCUT2D eigenvalue weighted by Gasteiger charge is -2.23. The van der Waals surface area contributed by atoms with Gasteiger partial charge in [0.1, 0.15) is 0 Å². The first kappa shape index (κ1) is 20.2. The van der Waals surface area contributed by atoms with E-state index >= 15 is 0 Å². The summed E-state index contributed by atoms with van der Waals surface area (Å²) in [5.74, 6) is 0.436. The molecule has 0 spiro atoms. The summed E-state index contributed by atoms with van der Waals surface area (Å²) in [7, 11) is 0. The number of alkyl halides is 3. The van der Waals surface area contributed by atoms with Crippen LogP contribution in [-0.4, -0.2) is 46.0 Å². The number of anilines is 2. The maximum atomic E-state index is 13.1. The van der Waals surface area contributed by atoms with E-state index in [-0.39, 0.29) is 13.1 Å². The molecule has 29 heavy (non-hydrogen) atoms. The van der Waals surface area contributed by atoms with Crippen LogP contribution in [0.2, 0.25) is 0 Å². The molecule has 13 heteroatoms. The highest BCUT2D eigenvalue weighted by atomic mass is 19.4. The molecular weight excluding hydrogens is 397 g/mol. The summed E-state index contributed by atoms with van der Waals surface area (Å²) >= 11 is 0. The van der Waals surface area contributed by atoms with E-state index < -0.39 is 38.6 Å². The minimum absolute atomic E-state index is 0.116. The molecule has 3 rings (SSSR count). The topological polar surface area (TPSA) is 119 Å². The molecule has 0 amide bonds. The molecule has 0 aliphatic carbocycles. The summed E-state index contributed by atoms with van der Waals surface area (Å²) in [6.07, 6.45) is -1.39. The van der Waals surface area contributed by atoms with Crippen molar-refractivity contribution in [1.29, 1.82) is 0 Å². The number of aromatic nitrogens is 2. The van der Waals surface area contributed by atoms with Crippen LogP contribution >= 0.6 is 0 Å². The zero-order valence-electron chi connectivity index (χ0n) is 14.9. The molecular formula is C16H15F3N6O4. The van der Waals surface area contributed by atoms with Crippen molar-refractivity contribution in [2.75, 3.05) is 36.0 Å². The number of nitrogens with zero attached hydrogens (tertiary/aromatic N) is 6. The number of hydrogen-bond donors (Lipinski definition) is 0. The molecule has 154 valence electrons. The zero-order chi connectivity index (χ0) is 21.2. The molecule has 1 aliphatic rings. The van der Waals surface area contributed by atoms with Gasteiger partial charge in [-0.05, 0) is 12.5 Å². The second kappa shape index (κ2) is 7.85. The van der Waals surface area contributed by atoms with E-state index in [0.717, 1.165) is 0 Å². The summed E-state index contributed by atoms with van der Waals surface area (Å²) in [5.41, 5.74) is -3.76. The normalized spacial score (nSPS) is 15.1. The predicted octanol–water partition coefficient (Wildman–Crippen LogP) is 3.03. The molecule has 0 radical (unpaired) electrons. The summed E-state index contributed by atoms with van der Waals surface area (Å²) < 4.78 is 39.2. The van der Waals surface area contributed by atoms with Gasteiger partial charge in [0.05, 0.1) is 15.4 Å². The Kier molecular flexibility index (Phi) is 5.48. The molecule has 0 atom stereocenters. The fraction of sp³-hybridized carbons (Fsp3) is 0.375. The van der Waals surface area contributed by atoms with Crippen LogP contribution in [-0.2, 0) is 6.18 Å². The quantitative estimate of drug-likeness (QED) is 0.555. The number of benzene rings is 1. The van der Waals surface area contributed by atoms with Crippen molar-refractivity contribution >= 4 is 23.0 Å². The van der Waals surface area contributed by atoms with Crippen LogP contribution < -0.4 is 9.80 Å². The van der Waals surface area contributed by atoms with Crippen LogP contribution in [0.3, 0.4) is 0 Å². The van der Waals surface area contributed by atoms with Crippen LogP contribution in [0.4, 0.5) is 36.2 Å². The molecule has 0 bridgehead atoms. The highest BCUT2D eigenvalue weighted by Gasteiger charge is 2.39. The van der Waals surface area contributed by atoms with Crippen LogP contribution in [0.25, 0.3) is 0 Å². The van der Waals surface area contributed by atoms with Crippen LogP contribution in [0.5, 0.6) is 0 Å². The van der Waals surface area contributed by atoms with Gasteiger partial charge in [-0.15, -0.1) is 0 Å². The van der Waals surface area contributed by atoms with E-state index in [2.05, 4.69) is 9.97 Å². The van der Waals surface area contributed by atoms with E-state index in [1.54, 1.807) is 18.5 Å². The maximum absolute atomic E-state index is 13.1. The monoisotopic (exact) mass is 412 g/mol. The van der Waals surface area contributed by atoms with Crippen molar-refractivity contribution < 1.29 is 23.0 Å². The molecule has 0 unspecified atom stereocenters. The first-order valence-corrected chi connectivity index (χ1v) is 8.49. The van der Waals surface area contributed by atoms with Gasteiger partial charge < -0.3 is 9.80 Å². The molecule has 1 saturated heterocycles. The van der Waals surface area contributed by atoms with E-state index in [9.17, 15) is 33.4 Å². The second-order valence-electron chi connectivity index (χ2n) is 6.25. The van der Waals surface area contributed by atoms with E-state index in [0.29, 0.717) is 37.6 Å². The van der Waals surface area contributed by atoms with Gasteiger partial charge >= 0.3 is 6.18 Å². The van der Waals surface area contributed by atoms with E-state index in [1.165, 1.54) is 4.90 Å². The summed E-state index contributed by atoms with van der Waals surface area (Å²) in [6, 6.07) is 2.32. The van der Waals surface area contributed by atoms with Crippen LogP contribution in [0, 0.1) is 20.2 Å². The molecule has 0 N–H and O–H groups in total. The lowest BCUT2D eigenvalue weighted by molar-refractivity contribution is -0.393. The van der Waals surface area contributed by atoms with Crippen LogP contribution in [0.15, 0.2) is 30.6 Å². The first-order chi connectivity index (χ1) is 13.7. The van der Waals surface area contributed by atoms with Crippen molar-refractivity contribution in [2.24, 2.45) is 0 Å². The molecule has 2 aromatic rings. The Hall–Kier alpha value is -3.51. The first-order valence-electron chi connectivity index (χ1n) is 8.49. The lowest BCUT2D eigenvalue weighted by Crippen LogP contribution is -2.32. The Morgan fingerprint density at radius 3 is 1.93 bits per heavy atom. The highest BCUT2D eigenvalue weighted by molar-refractivity contribution is 5.76. The fourth-order valence-corrected chi connectivity index (χ4v) is 3.17. The Bertz CT molecular complexity index is 890. The molecule has 10 nitrogen and oxygen atoms in total. The SMILES string of the molecule is O=[N+]([O-])c1cc(C(F)(F)F)cc([N+](=O)[O-])c1N1CCCN(c2ncccn2)CC1. The third-order valence-corrected chi connectivity index (χ3v) is 4.44. The van der Waals surface area contributed by atoms with Gasteiger partial charge in [-0.1, -0.05) is 0 Å². The van der Waals surface area contributed by atoms with Gasteiger partial charge in [-0.25, -0.2) is 9.97 Å². The number of nitro groups is 2. The van der Waals surface area contributed by atoms with Gasteiger partial charge in [0, 0.05) is 50.7 Å². The van der Waals surface area contributed by atoms with Gasteiger partial charge in [0.2, 0.25) is 5.95 Å². The molecule has 1 aliphatic heterocycles. The Labute approximate surface area is 161 Å². The van der Waals surface area contributed by atoms with Gasteiger partial charge in [0.25, 0.3) is 11.4 Å². The van der Waals surface area contributed by atoms with Gasteiger partial charge in [-0.2, -0.15) is 13.2 Å². The maximum Gasteiger partial charge on any atom is 0.416 e. The zero-order valence-corrected chi connectivity index (χ0v) is 14.9. The average molecular weight is 412 g/mol. The number of rotatable bonds is 4. The van der Waals surface area contributed by atoms with Crippen molar-refractivity contribution in [1.82, 2.24) is 9.97 Å². The average Bonchev–Trinajstić information content (AvgIpc) is 2.92. The highest BCUT2D eigenvalue weighted by Crippen LogP contribution is 2.43. The Morgan fingerprint density at radius 2 is 1.41 bits per heavy atom.